The van der Waals surface area contributed by atoms with Gasteiger partial charge in [-0.15, -0.1) is 0 Å². The fourth-order valence-electron chi connectivity index (χ4n) is 4.82. The van der Waals surface area contributed by atoms with Crippen LogP contribution in [-0.2, 0) is 4.74 Å². The molecule has 3 N–H and O–H groups in total. The quantitative estimate of drug-likeness (QED) is 0.593. The number of pyridine rings is 2. The first-order valence-electron chi connectivity index (χ1n) is 11.0. The Morgan fingerprint density at radius 1 is 0.935 bits per heavy atom. The number of hydrogen-bond donors (Lipinski definition) is 2. The molecule has 0 aliphatic carbocycles. The molecule has 5 nitrogen and oxygen atoms in total. The first-order valence-corrected chi connectivity index (χ1v) is 11.0. The summed E-state index contributed by atoms with van der Waals surface area (Å²) >= 11 is 0. The monoisotopic (exact) mass is 418 g/mol. The van der Waals surface area contributed by atoms with Gasteiger partial charge in [-0.2, -0.15) is 4.39 Å². The summed E-state index contributed by atoms with van der Waals surface area (Å²) in [5.41, 5.74) is 12.4. The highest BCUT2D eigenvalue weighted by Gasteiger charge is 2.25. The Bertz CT molecular complexity index is 1070. The van der Waals surface area contributed by atoms with Crippen molar-refractivity contribution in [1.82, 2.24) is 15.3 Å². The number of nitrogens with two attached hydrogens (primary N) is 1. The van der Waals surface area contributed by atoms with E-state index >= 15 is 0 Å². The van der Waals surface area contributed by atoms with Gasteiger partial charge in [0.15, 0.2) is 0 Å². The van der Waals surface area contributed by atoms with Gasteiger partial charge in [0.05, 0.1) is 0 Å². The van der Waals surface area contributed by atoms with Crippen molar-refractivity contribution in [2.45, 2.75) is 37.6 Å². The minimum atomic E-state index is -0.530. The van der Waals surface area contributed by atoms with Crippen molar-refractivity contribution in [1.29, 1.82) is 0 Å². The van der Waals surface area contributed by atoms with E-state index in [1.807, 2.05) is 6.07 Å². The molecular formula is C25H27FN4O. The summed E-state index contributed by atoms with van der Waals surface area (Å²) in [7, 11) is 0. The van der Waals surface area contributed by atoms with E-state index in [-0.39, 0.29) is 0 Å². The second kappa shape index (κ2) is 8.73. The molecule has 1 aromatic carbocycles. The molecule has 2 aliphatic rings. The summed E-state index contributed by atoms with van der Waals surface area (Å²) in [5.74, 6) is 0.392. The van der Waals surface area contributed by atoms with Gasteiger partial charge >= 0.3 is 0 Å². The van der Waals surface area contributed by atoms with E-state index < -0.39 is 5.95 Å². The van der Waals surface area contributed by atoms with Crippen molar-refractivity contribution in [2.24, 2.45) is 0 Å². The number of anilines is 1. The Morgan fingerprint density at radius 3 is 2.58 bits per heavy atom. The fraction of sp³-hybridized carbons (Fsp3) is 0.360. The Kier molecular flexibility index (Phi) is 5.66. The molecule has 5 rings (SSSR count). The zero-order valence-corrected chi connectivity index (χ0v) is 17.5. The van der Waals surface area contributed by atoms with Gasteiger partial charge in [0.25, 0.3) is 0 Å². The predicted octanol–water partition coefficient (Wildman–Crippen LogP) is 4.85. The van der Waals surface area contributed by atoms with Crippen molar-refractivity contribution in [3.8, 4) is 22.3 Å². The van der Waals surface area contributed by atoms with Crippen LogP contribution in [0.3, 0.4) is 0 Å². The first kappa shape index (κ1) is 20.1. The molecule has 0 unspecified atom stereocenters. The van der Waals surface area contributed by atoms with Crippen molar-refractivity contribution in [2.75, 3.05) is 25.5 Å². The molecule has 2 aliphatic heterocycles. The van der Waals surface area contributed by atoms with Gasteiger partial charge in [-0.25, -0.2) is 9.97 Å². The predicted molar refractivity (Wildman–Crippen MR) is 120 cm³/mol. The van der Waals surface area contributed by atoms with Crippen molar-refractivity contribution < 1.29 is 9.13 Å². The lowest BCUT2D eigenvalue weighted by molar-refractivity contribution is 0.0851. The maximum absolute atomic E-state index is 13.7. The van der Waals surface area contributed by atoms with E-state index in [0.29, 0.717) is 28.9 Å². The zero-order valence-electron chi connectivity index (χ0n) is 17.5. The highest BCUT2D eigenvalue weighted by molar-refractivity contribution is 5.79. The standard InChI is InChI=1S/C25H27FN4O/c26-24-14-18(5-9-29-24)21-13-19(15-30-25(21)27)17-3-4-20(16-6-10-31-11-7-16)22(12-17)23-2-1-8-28-23/h3-5,9,12-16,23,28H,1-2,6-8,10-11H2,(H2,27,30)/t23-/m1/s1. The number of nitrogen functional groups attached to an aromatic ring is 1. The Balaban J connectivity index is 1.56. The molecule has 0 bridgehead atoms. The van der Waals surface area contributed by atoms with Crippen LogP contribution in [0.5, 0.6) is 0 Å². The Labute approximate surface area is 181 Å². The van der Waals surface area contributed by atoms with Gasteiger partial charge in [-0.1, -0.05) is 12.1 Å². The number of benzene rings is 1. The molecule has 0 radical (unpaired) electrons. The fourth-order valence-corrected chi connectivity index (χ4v) is 4.82. The van der Waals surface area contributed by atoms with Crippen LogP contribution in [0.15, 0.2) is 48.8 Å². The van der Waals surface area contributed by atoms with Crippen LogP contribution < -0.4 is 11.1 Å². The maximum Gasteiger partial charge on any atom is 0.213 e. The van der Waals surface area contributed by atoms with E-state index in [1.54, 1.807) is 12.3 Å². The molecule has 3 aromatic rings. The second-order valence-corrected chi connectivity index (χ2v) is 8.40. The molecule has 160 valence electrons. The third-order valence-electron chi connectivity index (χ3n) is 6.47. The molecule has 2 aromatic heterocycles. The van der Waals surface area contributed by atoms with Crippen LogP contribution in [0.2, 0.25) is 0 Å². The van der Waals surface area contributed by atoms with Crippen LogP contribution in [0, 0.1) is 5.95 Å². The van der Waals surface area contributed by atoms with Gasteiger partial charge in [-0.3, -0.25) is 0 Å². The van der Waals surface area contributed by atoms with Crippen molar-refractivity contribution in [3.63, 3.8) is 0 Å². The van der Waals surface area contributed by atoms with Gasteiger partial charge in [0.2, 0.25) is 5.95 Å². The molecule has 1 atom stereocenters. The van der Waals surface area contributed by atoms with Gasteiger partial charge in [0.1, 0.15) is 5.82 Å². The summed E-state index contributed by atoms with van der Waals surface area (Å²) in [6.45, 7) is 2.72. The van der Waals surface area contributed by atoms with Crippen LogP contribution in [0.4, 0.5) is 10.2 Å². The van der Waals surface area contributed by atoms with Gasteiger partial charge in [-0.05, 0) is 78.6 Å². The minimum Gasteiger partial charge on any atom is -0.383 e. The zero-order chi connectivity index (χ0) is 21.2. The molecule has 0 amide bonds. The van der Waals surface area contributed by atoms with Crippen LogP contribution in [-0.4, -0.2) is 29.7 Å². The number of halogens is 1. The average Bonchev–Trinajstić information content (AvgIpc) is 3.35. The lowest BCUT2D eigenvalue weighted by atomic mass is 9.84. The van der Waals surface area contributed by atoms with E-state index in [2.05, 4.69) is 33.5 Å². The van der Waals surface area contributed by atoms with Crippen LogP contribution >= 0.6 is 0 Å². The van der Waals surface area contributed by atoms with E-state index in [0.717, 1.165) is 50.1 Å². The first-order chi connectivity index (χ1) is 15.2. The van der Waals surface area contributed by atoms with Gasteiger partial charge in [0, 0.05) is 48.8 Å². The average molecular weight is 419 g/mol. The van der Waals surface area contributed by atoms with Gasteiger partial charge < -0.3 is 15.8 Å². The summed E-state index contributed by atoms with van der Waals surface area (Å²) in [4.78, 5) is 8.05. The third kappa shape index (κ3) is 4.18. The highest BCUT2D eigenvalue weighted by atomic mass is 19.1. The molecule has 31 heavy (non-hydrogen) atoms. The lowest BCUT2D eigenvalue weighted by Crippen LogP contribution is -2.19. The molecule has 4 heterocycles. The molecule has 2 saturated heterocycles. The number of nitrogens with one attached hydrogen (secondary N) is 1. The van der Waals surface area contributed by atoms with Crippen LogP contribution in [0.25, 0.3) is 22.3 Å². The maximum atomic E-state index is 13.7. The number of aromatic nitrogens is 2. The largest absolute Gasteiger partial charge is 0.383 e. The number of nitrogens with zero attached hydrogens (tertiary/aromatic N) is 2. The Morgan fingerprint density at radius 2 is 1.81 bits per heavy atom. The minimum absolute atomic E-state index is 0.380. The molecule has 6 heteroatoms. The second-order valence-electron chi connectivity index (χ2n) is 8.40. The number of ether oxygens (including phenoxy) is 1. The molecule has 0 saturated carbocycles. The lowest BCUT2D eigenvalue weighted by Gasteiger charge is -2.27. The van der Waals surface area contributed by atoms with Crippen molar-refractivity contribution in [3.05, 3.63) is 65.9 Å². The third-order valence-corrected chi connectivity index (χ3v) is 6.47. The number of hydrogen-bond acceptors (Lipinski definition) is 5. The van der Waals surface area contributed by atoms with Crippen molar-refractivity contribution >= 4 is 5.82 Å². The SMILES string of the molecule is Nc1ncc(-c2ccc(C3CCOCC3)c([C@H]3CCCN3)c2)cc1-c1ccnc(F)c1. The summed E-state index contributed by atoms with van der Waals surface area (Å²) in [6.07, 6.45) is 7.74. The summed E-state index contributed by atoms with van der Waals surface area (Å²) < 4.78 is 19.3. The molecule has 0 spiro atoms. The summed E-state index contributed by atoms with van der Waals surface area (Å²) in [5, 5.41) is 3.67. The topological polar surface area (TPSA) is 73.1 Å². The summed E-state index contributed by atoms with van der Waals surface area (Å²) in [6, 6.07) is 12.3. The van der Waals surface area contributed by atoms with E-state index in [4.69, 9.17) is 10.5 Å². The molecule has 2 fully saturated rings. The normalized spacial score (nSPS) is 19.6. The smallest absolute Gasteiger partial charge is 0.213 e. The van der Waals surface area contributed by atoms with Crippen LogP contribution in [0.1, 0.15) is 48.8 Å². The Hall–Kier alpha value is -2.83. The molecular weight excluding hydrogens is 391 g/mol. The van der Waals surface area contributed by atoms with E-state index in [9.17, 15) is 4.39 Å². The van der Waals surface area contributed by atoms with E-state index in [1.165, 1.54) is 29.8 Å². The highest BCUT2D eigenvalue weighted by Crippen LogP contribution is 2.38. The number of rotatable bonds is 4.